The van der Waals surface area contributed by atoms with Gasteiger partial charge in [-0.3, -0.25) is 4.79 Å². The first-order chi connectivity index (χ1) is 29.2. The Bertz CT molecular complexity index is 1070. The molecule has 0 spiro atoms. The number of rotatable bonds is 40. The number of carbonyl (C=O) groups is 1. The first-order valence-corrected chi connectivity index (χ1v) is 24.4. The lowest BCUT2D eigenvalue weighted by Crippen LogP contribution is -2.60. The Hall–Kier alpha value is -1.67. The molecular formula is C49H91NO10. The molecule has 9 unspecified atom stereocenters. The Morgan fingerprint density at radius 1 is 0.583 bits per heavy atom. The number of aliphatic hydroxyl groups is 7. The molecule has 1 aliphatic rings. The standard InChI is InChI=1S/C49H91NO10/c1-3-5-7-9-11-13-15-17-19-20-21-22-23-25-26-28-30-32-34-36-41(52)44(54)40(39-59-49-47(57)46(56)45(55)43(38-51)60-49)50-48(58)42(53)37-35-33-31-29-27-24-18-16-14-12-10-8-6-4-2/h12,14,16,18,28,30,40-47,49,51-57H,3-11,13,15,17,19-27,29,31-39H2,1-2H3,(H,50,58)/b14-12-,18-16-,30-28+. The van der Waals surface area contributed by atoms with Gasteiger partial charge in [0.2, 0.25) is 5.91 Å². The summed E-state index contributed by atoms with van der Waals surface area (Å²) in [6.45, 7) is 3.39. The minimum absolute atomic E-state index is 0.235. The van der Waals surface area contributed by atoms with E-state index in [4.69, 9.17) is 9.47 Å². The van der Waals surface area contributed by atoms with Crippen LogP contribution >= 0.6 is 0 Å². The van der Waals surface area contributed by atoms with E-state index < -0.39 is 74.2 Å². The number of hydrogen-bond donors (Lipinski definition) is 8. The maximum absolute atomic E-state index is 13.1. The van der Waals surface area contributed by atoms with E-state index in [1.165, 1.54) is 103 Å². The second-order valence-corrected chi connectivity index (χ2v) is 17.2. The van der Waals surface area contributed by atoms with Gasteiger partial charge >= 0.3 is 0 Å². The van der Waals surface area contributed by atoms with Crippen LogP contribution in [-0.2, 0) is 14.3 Å². The van der Waals surface area contributed by atoms with Gasteiger partial charge in [-0.2, -0.15) is 0 Å². The monoisotopic (exact) mass is 854 g/mol. The van der Waals surface area contributed by atoms with E-state index in [0.717, 1.165) is 57.8 Å². The molecule has 8 N–H and O–H groups in total. The van der Waals surface area contributed by atoms with E-state index in [1.54, 1.807) is 0 Å². The molecule has 11 heteroatoms. The van der Waals surface area contributed by atoms with Crippen molar-refractivity contribution in [3.05, 3.63) is 36.5 Å². The van der Waals surface area contributed by atoms with Crippen LogP contribution in [0.5, 0.6) is 0 Å². The number of hydrogen-bond acceptors (Lipinski definition) is 10. The summed E-state index contributed by atoms with van der Waals surface area (Å²) in [4.78, 5) is 13.1. The smallest absolute Gasteiger partial charge is 0.249 e. The summed E-state index contributed by atoms with van der Waals surface area (Å²) in [6, 6.07) is -1.19. The molecule has 1 amide bonds. The van der Waals surface area contributed by atoms with Gasteiger partial charge in [0.1, 0.15) is 36.6 Å². The van der Waals surface area contributed by atoms with Crippen molar-refractivity contribution in [2.24, 2.45) is 0 Å². The van der Waals surface area contributed by atoms with Crippen molar-refractivity contribution in [2.75, 3.05) is 13.2 Å². The van der Waals surface area contributed by atoms with Gasteiger partial charge in [-0.05, 0) is 64.2 Å². The van der Waals surface area contributed by atoms with E-state index in [1.807, 2.05) is 0 Å². The summed E-state index contributed by atoms with van der Waals surface area (Å²) in [5.41, 5.74) is 0. The van der Waals surface area contributed by atoms with Crippen LogP contribution in [-0.4, -0.2) is 110 Å². The fraction of sp³-hybridized carbons (Fsp3) is 0.857. The summed E-state index contributed by atoms with van der Waals surface area (Å²) in [5.74, 6) is -0.719. The highest BCUT2D eigenvalue weighted by molar-refractivity contribution is 5.80. The van der Waals surface area contributed by atoms with Crippen LogP contribution in [0, 0.1) is 0 Å². The zero-order chi connectivity index (χ0) is 44.1. The van der Waals surface area contributed by atoms with Crippen molar-refractivity contribution in [1.82, 2.24) is 5.32 Å². The Balaban J connectivity index is 2.45. The minimum Gasteiger partial charge on any atom is -0.394 e. The Morgan fingerprint density at radius 3 is 1.57 bits per heavy atom. The van der Waals surface area contributed by atoms with Crippen LogP contribution in [0.2, 0.25) is 0 Å². The largest absolute Gasteiger partial charge is 0.394 e. The van der Waals surface area contributed by atoms with Crippen molar-refractivity contribution < 1.29 is 50.0 Å². The van der Waals surface area contributed by atoms with Crippen molar-refractivity contribution in [1.29, 1.82) is 0 Å². The normalized spacial score (nSPS) is 21.9. The number of unbranched alkanes of at least 4 members (excludes halogenated alkanes) is 23. The molecule has 352 valence electrons. The summed E-state index contributed by atoms with van der Waals surface area (Å²) < 4.78 is 11.1. The first-order valence-electron chi connectivity index (χ1n) is 24.4. The highest BCUT2D eigenvalue weighted by Gasteiger charge is 2.44. The molecule has 1 saturated heterocycles. The quantitative estimate of drug-likeness (QED) is 0.0169. The topological polar surface area (TPSA) is 189 Å². The van der Waals surface area contributed by atoms with Crippen LogP contribution in [0.15, 0.2) is 36.5 Å². The zero-order valence-electron chi connectivity index (χ0n) is 37.9. The molecule has 0 bridgehead atoms. The number of carbonyl (C=O) groups excluding carboxylic acids is 1. The van der Waals surface area contributed by atoms with Gasteiger partial charge < -0.3 is 50.5 Å². The van der Waals surface area contributed by atoms with Crippen LogP contribution in [0.1, 0.15) is 200 Å². The first kappa shape index (κ1) is 56.3. The number of ether oxygens (including phenoxy) is 2. The van der Waals surface area contributed by atoms with Crippen molar-refractivity contribution in [3.63, 3.8) is 0 Å². The van der Waals surface area contributed by atoms with Crippen molar-refractivity contribution in [3.8, 4) is 0 Å². The summed E-state index contributed by atoms with van der Waals surface area (Å²) >= 11 is 0. The van der Waals surface area contributed by atoms with Crippen LogP contribution in [0.4, 0.5) is 0 Å². The van der Waals surface area contributed by atoms with Crippen LogP contribution in [0.3, 0.4) is 0 Å². The van der Waals surface area contributed by atoms with Crippen LogP contribution < -0.4 is 5.32 Å². The molecule has 11 nitrogen and oxygen atoms in total. The molecule has 0 aromatic heterocycles. The second-order valence-electron chi connectivity index (χ2n) is 17.2. The lowest BCUT2D eigenvalue weighted by Gasteiger charge is -2.40. The van der Waals surface area contributed by atoms with Gasteiger partial charge in [0.15, 0.2) is 6.29 Å². The summed E-state index contributed by atoms with van der Waals surface area (Å²) in [5, 5.41) is 75.7. The van der Waals surface area contributed by atoms with E-state index >= 15 is 0 Å². The minimum atomic E-state index is -1.67. The Kier molecular flexibility index (Phi) is 36.6. The van der Waals surface area contributed by atoms with Gasteiger partial charge in [0.25, 0.3) is 0 Å². The molecule has 60 heavy (non-hydrogen) atoms. The summed E-state index contributed by atoms with van der Waals surface area (Å²) in [7, 11) is 0. The average Bonchev–Trinajstić information content (AvgIpc) is 3.25. The number of nitrogens with one attached hydrogen (secondary N) is 1. The second kappa shape index (κ2) is 39.0. The SMILES string of the molecule is CCCCC/C=C\C=C/CCCCCCCC(O)C(=O)NC(COC1OC(CO)C(O)C(O)C1O)C(O)C(O)CCC/C=C/CCCCCCCCCCCCCCCC. The zero-order valence-corrected chi connectivity index (χ0v) is 37.9. The predicted molar refractivity (Wildman–Crippen MR) is 242 cm³/mol. The molecule has 0 radical (unpaired) electrons. The fourth-order valence-corrected chi connectivity index (χ4v) is 7.61. The Labute approximate surface area is 365 Å². The van der Waals surface area contributed by atoms with E-state index in [9.17, 15) is 40.5 Å². The molecule has 1 rings (SSSR count). The lowest BCUT2D eigenvalue weighted by atomic mass is 9.98. The summed E-state index contributed by atoms with van der Waals surface area (Å²) in [6.07, 6.45) is 33.3. The molecule has 1 aliphatic heterocycles. The third-order valence-corrected chi connectivity index (χ3v) is 11.7. The molecule has 0 aromatic carbocycles. The average molecular weight is 854 g/mol. The lowest BCUT2D eigenvalue weighted by molar-refractivity contribution is -0.303. The van der Waals surface area contributed by atoms with Crippen molar-refractivity contribution in [2.45, 2.75) is 255 Å². The molecule has 0 aromatic rings. The van der Waals surface area contributed by atoms with Gasteiger partial charge in [0, 0.05) is 0 Å². The van der Waals surface area contributed by atoms with Crippen molar-refractivity contribution >= 4 is 5.91 Å². The van der Waals surface area contributed by atoms with E-state index in [0.29, 0.717) is 12.8 Å². The molecule has 0 aliphatic carbocycles. The van der Waals surface area contributed by atoms with Gasteiger partial charge in [-0.25, -0.2) is 0 Å². The third kappa shape index (κ3) is 28.1. The van der Waals surface area contributed by atoms with E-state index in [-0.39, 0.29) is 12.8 Å². The highest BCUT2D eigenvalue weighted by Crippen LogP contribution is 2.23. The van der Waals surface area contributed by atoms with Crippen LogP contribution in [0.25, 0.3) is 0 Å². The molecule has 9 atom stereocenters. The maximum Gasteiger partial charge on any atom is 0.249 e. The number of allylic oxidation sites excluding steroid dienone is 6. The third-order valence-electron chi connectivity index (χ3n) is 11.7. The fourth-order valence-electron chi connectivity index (χ4n) is 7.61. The highest BCUT2D eigenvalue weighted by atomic mass is 16.7. The number of amides is 1. The molecule has 1 fully saturated rings. The molecular weight excluding hydrogens is 763 g/mol. The number of aliphatic hydroxyl groups excluding tert-OH is 7. The van der Waals surface area contributed by atoms with E-state index in [2.05, 4.69) is 55.6 Å². The van der Waals surface area contributed by atoms with Gasteiger partial charge in [-0.15, -0.1) is 0 Å². The molecule has 0 saturated carbocycles. The molecule has 1 heterocycles. The maximum atomic E-state index is 13.1. The predicted octanol–water partition coefficient (Wildman–Crippen LogP) is 8.39. The van der Waals surface area contributed by atoms with Gasteiger partial charge in [0.05, 0.1) is 25.4 Å². The Morgan fingerprint density at radius 2 is 1.03 bits per heavy atom. The van der Waals surface area contributed by atoms with Gasteiger partial charge in [-0.1, -0.05) is 172 Å².